The standard InChI is InChI=1S/C26H30N4O/c1-26(2,3)30-15-9-12-20(18-30)25-28-23(19-10-6-5-7-11-19)17-24(29-25)27-21-13-8-14-22(16-21)31-4/h5-8,10-11,13-14,16-18H,9,12,15H2,1-4H3,(H,27,28,29). The summed E-state index contributed by atoms with van der Waals surface area (Å²) in [5.74, 6) is 2.35. The Morgan fingerprint density at radius 2 is 1.77 bits per heavy atom. The van der Waals surface area contributed by atoms with Crippen molar-refractivity contribution in [3.63, 3.8) is 0 Å². The van der Waals surface area contributed by atoms with Crippen LogP contribution >= 0.6 is 0 Å². The van der Waals surface area contributed by atoms with Gasteiger partial charge in [0, 0.05) is 47.2 Å². The van der Waals surface area contributed by atoms with E-state index < -0.39 is 0 Å². The first-order valence-corrected chi connectivity index (χ1v) is 10.8. The maximum absolute atomic E-state index is 5.36. The van der Waals surface area contributed by atoms with E-state index in [-0.39, 0.29) is 5.54 Å². The summed E-state index contributed by atoms with van der Waals surface area (Å²) in [6.07, 6.45) is 4.31. The van der Waals surface area contributed by atoms with Gasteiger partial charge in [-0.15, -0.1) is 0 Å². The second kappa shape index (κ2) is 8.80. The summed E-state index contributed by atoms with van der Waals surface area (Å²) < 4.78 is 5.36. The number of rotatable bonds is 5. The maximum Gasteiger partial charge on any atom is 0.159 e. The lowest BCUT2D eigenvalue weighted by Crippen LogP contribution is -2.39. The van der Waals surface area contributed by atoms with Crippen molar-refractivity contribution in [2.24, 2.45) is 0 Å². The Kier molecular flexibility index (Phi) is 5.94. The van der Waals surface area contributed by atoms with Gasteiger partial charge in [-0.3, -0.25) is 0 Å². The van der Waals surface area contributed by atoms with Crippen LogP contribution < -0.4 is 10.1 Å². The summed E-state index contributed by atoms with van der Waals surface area (Å²) in [5.41, 5.74) is 4.16. The van der Waals surface area contributed by atoms with Crippen LogP contribution in [-0.2, 0) is 0 Å². The average molecular weight is 415 g/mol. The van der Waals surface area contributed by atoms with Gasteiger partial charge in [0.05, 0.1) is 12.8 Å². The summed E-state index contributed by atoms with van der Waals surface area (Å²) in [4.78, 5) is 12.2. The highest BCUT2D eigenvalue weighted by Gasteiger charge is 2.23. The molecule has 2 heterocycles. The zero-order valence-corrected chi connectivity index (χ0v) is 18.7. The minimum absolute atomic E-state index is 0.0738. The van der Waals surface area contributed by atoms with E-state index in [1.54, 1.807) is 7.11 Å². The van der Waals surface area contributed by atoms with Crippen molar-refractivity contribution in [2.45, 2.75) is 39.2 Å². The lowest BCUT2D eigenvalue weighted by atomic mass is 10.00. The molecular formula is C26H30N4O. The molecule has 0 bridgehead atoms. The van der Waals surface area contributed by atoms with Crippen LogP contribution in [0.1, 0.15) is 39.4 Å². The number of allylic oxidation sites excluding steroid dienone is 1. The van der Waals surface area contributed by atoms with Gasteiger partial charge in [-0.2, -0.15) is 0 Å². The summed E-state index contributed by atoms with van der Waals surface area (Å²) >= 11 is 0. The average Bonchev–Trinajstić information content (AvgIpc) is 2.79. The third-order valence-electron chi connectivity index (χ3n) is 5.44. The predicted octanol–water partition coefficient (Wildman–Crippen LogP) is 6.13. The molecule has 3 aromatic rings. The molecule has 5 heteroatoms. The lowest BCUT2D eigenvalue weighted by Gasteiger charge is -2.38. The van der Waals surface area contributed by atoms with Crippen molar-refractivity contribution in [3.8, 4) is 17.0 Å². The fourth-order valence-electron chi connectivity index (χ4n) is 3.72. The third kappa shape index (κ3) is 5.05. The zero-order chi connectivity index (χ0) is 21.8. The molecule has 0 saturated heterocycles. The monoisotopic (exact) mass is 414 g/mol. The molecule has 2 aromatic carbocycles. The summed E-state index contributed by atoms with van der Waals surface area (Å²) in [5, 5.41) is 3.44. The zero-order valence-electron chi connectivity index (χ0n) is 18.7. The van der Waals surface area contributed by atoms with Crippen LogP contribution in [0.3, 0.4) is 0 Å². The van der Waals surface area contributed by atoms with E-state index in [4.69, 9.17) is 14.7 Å². The second-order valence-corrected chi connectivity index (χ2v) is 8.81. The van der Waals surface area contributed by atoms with Crippen molar-refractivity contribution < 1.29 is 4.74 Å². The molecule has 4 rings (SSSR count). The molecule has 1 aliphatic heterocycles. The van der Waals surface area contributed by atoms with E-state index in [1.165, 1.54) is 5.57 Å². The minimum Gasteiger partial charge on any atom is -0.497 e. The van der Waals surface area contributed by atoms with E-state index in [1.807, 2.05) is 48.5 Å². The molecule has 0 atom stereocenters. The minimum atomic E-state index is 0.0738. The van der Waals surface area contributed by atoms with Crippen LogP contribution in [0.4, 0.5) is 11.5 Å². The maximum atomic E-state index is 5.36. The normalized spacial score (nSPS) is 14.2. The highest BCUT2D eigenvalue weighted by Crippen LogP contribution is 2.30. The fraction of sp³-hybridized carbons (Fsp3) is 0.308. The number of hydrogen-bond acceptors (Lipinski definition) is 5. The van der Waals surface area contributed by atoms with Gasteiger partial charge in [0.2, 0.25) is 0 Å². The molecule has 0 spiro atoms. The largest absolute Gasteiger partial charge is 0.497 e. The smallest absolute Gasteiger partial charge is 0.159 e. The van der Waals surface area contributed by atoms with Gasteiger partial charge in [0.25, 0.3) is 0 Å². The quantitative estimate of drug-likeness (QED) is 0.544. The summed E-state index contributed by atoms with van der Waals surface area (Å²) in [6.45, 7) is 7.77. The summed E-state index contributed by atoms with van der Waals surface area (Å²) in [7, 11) is 1.67. The topological polar surface area (TPSA) is 50.3 Å². The first-order valence-electron chi connectivity index (χ1n) is 10.8. The molecule has 0 fully saturated rings. The van der Waals surface area contributed by atoms with Crippen LogP contribution in [0.2, 0.25) is 0 Å². The number of aromatic nitrogens is 2. The highest BCUT2D eigenvalue weighted by atomic mass is 16.5. The van der Waals surface area contributed by atoms with Gasteiger partial charge in [-0.25, -0.2) is 9.97 Å². The fourth-order valence-corrected chi connectivity index (χ4v) is 3.72. The molecular weight excluding hydrogens is 384 g/mol. The van der Waals surface area contributed by atoms with Crippen LogP contribution in [0, 0.1) is 0 Å². The molecule has 0 radical (unpaired) electrons. The SMILES string of the molecule is COc1cccc(Nc2cc(-c3ccccc3)nc(C3=CN(C(C)(C)C)CCC3)n2)c1. The van der Waals surface area contributed by atoms with Crippen molar-refractivity contribution in [1.82, 2.24) is 14.9 Å². The van der Waals surface area contributed by atoms with Crippen molar-refractivity contribution in [2.75, 3.05) is 19.0 Å². The molecule has 1 aliphatic rings. The van der Waals surface area contributed by atoms with Crippen molar-refractivity contribution in [3.05, 3.63) is 72.7 Å². The number of hydrogen-bond donors (Lipinski definition) is 1. The summed E-state index contributed by atoms with van der Waals surface area (Å²) in [6, 6.07) is 20.1. The Morgan fingerprint density at radius 3 is 2.52 bits per heavy atom. The highest BCUT2D eigenvalue weighted by molar-refractivity contribution is 5.70. The van der Waals surface area contributed by atoms with Gasteiger partial charge < -0.3 is 15.0 Å². The van der Waals surface area contributed by atoms with Crippen LogP contribution in [0.15, 0.2) is 66.9 Å². The third-order valence-corrected chi connectivity index (χ3v) is 5.44. The van der Waals surface area contributed by atoms with Crippen LogP contribution in [-0.4, -0.2) is 34.1 Å². The molecule has 5 nitrogen and oxygen atoms in total. The first-order chi connectivity index (χ1) is 14.9. The Labute approximate surface area is 184 Å². The van der Waals surface area contributed by atoms with Gasteiger partial charge in [-0.1, -0.05) is 36.4 Å². The van der Waals surface area contributed by atoms with E-state index in [9.17, 15) is 0 Å². The Morgan fingerprint density at radius 1 is 0.968 bits per heavy atom. The van der Waals surface area contributed by atoms with Gasteiger partial charge >= 0.3 is 0 Å². The van der Waals surface area contributed by atoms with E-state index in [0.717, 1.165) is 53.7 Å². The van der Waals surface area contributed by atoms with Crippen molar-refractivity contribution >= 4 is 17.1 Å². The first kappa shape index (κ1) is 20.9. The number of ether oxygens (including phenoxy) is 1. The van der Waals surface area contributed by atoms with E-state index in [0.29, 0.717) is 0 Å². The molecule has 0 amide bonds. The number of methoxy groups -OCH3 is 1. The molecule has 1 N–H and O–H groups in total. The number of nitrogens with zero attached hydrogens (tertiary/aromatic N) is 3. The Balaban J connectivity index is 1.76. The van der Waals surface area contributed by atoms with Crippen LogP contribution in [0.5, 0.6) is 5.75 Å². The second-order valence-electron chi connectivity index (χ2n) is 8.81. The molecule has 160 valence electrons. The number of benzene rings is 2. The predicted molar refractivity (Wildman–Crippen MR) is 127 cm³/mol. The van der Waals surface area contributed by atoms with E-state index in [2.05, 4.69) is 49.3 Å². The van der Waals surface area contributed by atoms with E-state index >= 15 is 0 Å². The number of anilines is 2. The molecule has 0 unspecified atom stereocenters. The van der Waals surface area contributed by atoms with Crippen LogP contribution in [0.25, 0.3) is 16.8 Å². The Hall–Kier alpha value is -3.34. The number of nitrogens with one attached hydrogen (secondary N) is 1. The van der Waals surface area contributed by atoms with Gasteiger partial charge in [0.15, 0.2) is 5.82 Å². The molecule has 0 saturated carbocycles. The Bertz CT molecular complexity index is 1070. The molecule has 1 aromatic heterocycles. The van der Waals surface area contributed by atoms with Gasteiger partial charge in [-0.05, 0) is 45.7 Å². The molecule has 0 aliphatic carbocycles. The van der Waals surface area contributed by atoms with Gasteiger partial charge in [0.1, 0.15) is 11.6 Å². The molecule has 31 heavy (non-hydrogen) atoms. The lowest BCUT2D eigenvalue weighted by molar-refractivity contribution is 0.198. The van der Waals surface area contributed by atoms with Crippen molar-refractivity contribution in [1.29, 1.82) is 0 Å².